The summed E-state index contributed by atoms with van der Waals surface area (Å²) in [5.74, 6) is 0.772. The average Bonchev–Trinajstić information content (AvgIpc) is 3.43. The SMILES string of the molecule is CN(c1cnc(-c2ccc(-c3nc(C#N)cs3)cc2O)nn1)[C@@H]1C[C@@H]2CC[C@@H](N2)[C@@H]1F. The Morgan fingerprint density at radius 2 is 2.19 bits per heavy atom. The van der Waals surface area contributed by atoms with E-state index in [1.807, 2.05) is 18.0 Å². The molecule has 0 aliphatic carbocycles. The number of alkyl halides is 1. The van der Waals surface area contributed by atoms with E-state index >= 15 is 0 Å². The van der Waals surface area contributed by atoms with Crippen LogP contribution >= 0.6 is 11.3 Å². The first-order valence-electron chi connectivity index (χ1n) is 10.1. The molecule has 2 aromatic heterocycles. The second kappa shape index (κ2) is 7.83. The van der Waals surface area contributed by atoms with Crippen LogP contribution in [0.2, 0.25) is 0 Å². The Balaban J connectivity index is 1.35. The van der Waals surface area contributed by atoms with E-state index in [2.05, 4.69) is 25.5 Å². The maximum atomic E-state index is 14.8. The number of nitriles is 1. The quantitative estimate of drug-likeness (QED) is 0.641. The lowest BCUT2D eigenvalue weighted by Gasteiger charge is -2.38. The first kappa shape index (κ1) is 19.8. The van der Waals surface area contributed by atoms with Crippen LogP contribution in [0.25, 0.3) is 22.0 Å². The maximum absolute atomic E-state index is 14.8. The van der Waals surface area contributed by atoms with Crippen LogP contribution < -0.4 is 10.2 Å². The number of nitrogens with zero attached hydrogens (tertiary/aromatic N) is 6. The van der Waals surface area contributed by atoms with Gasteiger partial charge in [0.15, 0.2) is 17.3 Å². The Hall–Kier alpha value is -3.16. The summed E-state index contributed by atoms with van der Waals surface area (Å²) in [7, 11) is 1.82. The number of aromatic nitrogens is 4. The predicted octanol–water partition coefficient (Wildman–Crippen LogP) is 2.91. The highest BCUT2D eigenvalue weighted by Crippen LogP contribution is 2.35. The van der Waals surface area contributed by atoms with Crippen LogP contribution in [0.15, 0.2) is 29.8 Å². The summed E-state index contributed by atoms with van der Waals surface area (Å²) in [6, 6.07) is 7.04. The zero-order valence-electron chi connectivity index (χ0n) is 16.7. The highest BCUT2D eigenvalue weighted by atomic mass is 32.1. The number of benzene rings is 1. The van der Waals surface area contributed by atoms with Gasteiger partial charge in [-0.25, -0.2) is 14.4 Å². The number of anilines is 1. The number of fused-ring (bicyclic) bond motifs is 2. The van der Waals surface area contributed by atoms with Crippen molar-refractivity contribution in [1.82, 2.24) is 25.5 Å². The number of nitrogens with one attached hydrogen (secondary N) is 1. The minimum Gasteiger partial charge on any atom is -0.507 e. The van der Waals surface area contributed by atoms with E-state index in [-0.39, 0.29) is 23.7 Å². The molecule has 3 aromatic rings. The molecule has 2 aliphatic rings. The number of thiazole rings is 1. The van der Waals surface area contributed by atoms with Gasteiger partial charge in [0.2, 0.25) is 0 Å². The van der Waals surface area contributed by atoms with Gasteiger partial charge in [0.05, 0.1) is 17.8 Å². The topological polar surface area (TPSA) is 111 Å². The molecule has 31 heavy (non-hydrogen) atoms. The van der Waals surface area contributed by atoms with E-state index in [1.165, 1.54) is 11.3 Å². The molecule has 0 spiro atoms. The number of hydrogen-bond donors (Lipinski definition) is 2. The Kier molecular flexibility index (Phi) is 5.00. The van der Waals surface area contributed by atoms with Crippen molar-refractivity contribution in [3.63, 3.8) is 0 Å². The fourth-order valence-electron chi connectivity index (χ4n) is 4.38. The minimum atomic E-state index is -0.964. The van der Waals surface area contributed by atoms with E-state index in [0.29, 0.717) is 33.7 Å². The van der Waals surface area contributed by atoms with Crippen LogP contribution in [0.4, 0.5) is 10.2 Å². The molecule has 0 unspecified atom stereocenters. The summed E-state index contributed by atoms with van der Waals surface area (Å²) >= 11 is 1.33. The molecule has 158 valence electrons. The molecule has 4 atom stereocenters. The van der Waals surface area contributed by atoms with Gasteiger partial charge in [0.25, 0.3) is 0 Å². The second-order valence-corrected chi connectivity index (χ2v) is 8.79. The summed E-state index contributed by atoms with van der Waals surface area (Å²) in [6.07, 6.45) is 3.20. The smallest absolute Gasteiger partial charge is 0.185 e. The van der Waals surface area contributed by atoms with Crippen LogP contribution in [0.1, 0.15) is 25.0 Å². The van der Waals surface area contributed by atoms with Gasteiger partial charge in [0.1, 0.15) is 23.0 Å². The predicted molar refractivity (Wildman–Crippen MR) is 114 cm³/mol. The molecule has 2 aliphatic heterocycles. The van der Waals surface area contributed by atoms with Gasteiger partial charge in [-0.15, -0.1) is 21.5 Å². The van der Waals surface area contributed by atoms with Gasteiger partial charge in [-0.3, -0.25) is 0 Å². The van der Waals surface area contributed by atoms with Crippen molar-refractivity contribution in [3.05, 3.63) is 35.5 Å². The Labute approximate surface area is 182 Å². The Morgan fingerprint density at radius 3 is 2.90 bits per heavy atom. The number of phenols is 1. The third-order valence-electron chi connectivity index (χ3n) is 6.07. The summed E-state index contributed by atoms with van der Waals surface area (Å²) in [4.78, 5) is 10.4. The first-order chi connectivity index (χ1) is 15.0. The molecule has 10 heteroatoms. The van der Waals surface area contributed by atoms with Crippen molar-refractivity contribution in [2.75, 3.05) is 11.9 Å². The molecule has 5 rings (SSSR count). The maximum Gasteiger partial charge on any atom is 0.185 e. The highest BCUT2D eigenvalue weighted by molar-refractivity contribution is 7.13. The zero-order chi connectivity index (χ0) is 21.5. The number of aromatic hydroxyl groups is 1. The van der Waals surface area contributed by atoms with E-state index in [4.69, 9.17) is 5.26 Å². The number of phenolic OH excluding ortho intramolecular Hbond substituents is 1. The van der Waals surface area contributed by atoms with Crippen molar-refractivity contribution < 1.29 is 9.50 Å². The third-order valence-corrected chi connectivity index (χ3v) is 6.96. The van der Waals surface area contributed by atoms with E-state index in [0.717, 1.165) is 19.3 Å². The molecule has 0 saturated carbocycles. The van der Waals surface area contributed by atoms with Gasteiger partial charge in [-0.05, 0) is 31.4 Å². The fourth-order valence-corrected chi connectivity index (χ4v) is 5.13. The second-order valence-electron chi connectivity index (χ2n) is 7.93. The molecule has 2 fully saturated rings. The lowest BCUT2D eigenvalue weighted by atomic mass is 9.96. The summed E-state index contributed by atoms with van der Waals surface area (Å²) in [5.41, 5.74) is 1.48. The largest absolute Gasteiger partial charge is 0.507 e. The number of piperidine rings is 1. The molecule has 0 radical (unpaired) electrons. The fraction of sp³-hybridized carbons (Fsp3) is 0.381. The van der Waals surface area contributed by atoms with Gasteiger partial charge in [-0.1, -0.05) is 6.07 Å². The number of halogens is 1. The molecule has 2 bridgehead atoms. The van der Waals surface area contributed by atoms with Crippen LogP contribution in [-0.2, 0) is 0 Å². The summed E-state index contributed by atoms with van der Waals surface area (Å²) in [6.45, 7) is 0. The van der Waals surface area contributed by atoms with Crippen LogP contribution in [-0.4, -0.2) is 56.6 Å². The van der Waals surface area contributed by atoms with E-state index in [9.17, 15) is 9.50 Å². The van der Waals surface area contributed by atoms with Gasteiger partial charge < -0.3 is 15.3 Å². The van der Waals surface area contributed by atoms with Crippen molar-refractivity contribution in [2.45, 2.75) is 43.6 Å². The standard InChI is InChI=1S/C21H20FN7OS/c1-29(16-7-12-3-5-15(25-12)19(16)22)18-9-24-20(28-27-18)14-4-2-11(6-17(14)30)21-26-13(8-23)10-31-21/h2,4,6,9-10,12,15-16,19,25,30H,3,5,7H2,1H3/t12-,15+,16+,19-/m0/s1. The summed E-state index contributed by atoms with van der Waals surface area (Å²) < 4.78 is 14.8. The molecule has 4 heterocycles. The molecule has 2 N–H and O–H groups in total. The Bertz CT molecular complexity index is 1150. The van der Waals surface area contributed by atoms with E-state index in [1.54, 1.807) is 29.8 Å². The first-order valence-corrected chi connectivity index (χ1v) is 10.9. The van der Waals surface area contributed by atoms with Crippen molar-refractivity contribution in [1.29, 1.82) is 5.26 Å². The molecule has 0 amide bonds. The number of rotatable bonds is 4. The van der Waals surface area contributed by atoms with Crippen LogP contribution in [0.3, 0.4) is 0 Å². The highest BCUT2D eigenvalue weighted by Gasteiger charge is 2.43. The minimum absolute atomic E-state index is 0.00661. The molecule has 8 nitrogen and oxygen atoms in total. The van der Waals surface area contributed by atoms with Crippen LogP contribution in [0.5, 0.6) is 5.75 Å². The molecule has 1 aromatic carbocycles. The third kappa shape index (κ3) is 3.60. The number of hydrogen-bond acceptors (Lipinski definition) is 9. The molecular weight excluding hydrogens is 417 g/mol. The molecule has 2 saturated heterocycles. The normalized spacial score (nSPS) is 24.7. The van der Waals surface area contributed by atoms with Crippen LogP contribution in [0, 0.1) is 11.3 Å². The average molecular weight is 438 g/mol. The van der Waals surface area contributed by atoms with Gasteiger partial charge in [-0.2, -0.15) is 5.26 Å². The van der Waals surface area contributed by atoms with Gasteiger partial charge >= 0.3 is 0 Å². The lowest BCUT2D eigenvalue weighted by Crippen LogP contribution is -2.55. The molecular formula is C21H20FN7OS. The van der Waals surface area contributed by atoms with E-state index < -0.39 is 6.17 Å². The van der Waals surface area contributed by atoms with Crippen molar-refractivity contribution >= 4 is 17.2 Å². The monoisotopic (exact) mass is 437 g/mol. The van der Waals surface area contributed by atoms with Crippen molar-refractivity contribution in [3.8, 4) is 33.8 Å². The zero-order valence-corrected chi connectivity index (χ0v) is 17.6. The lowest BCUT2D eigenvalue weighted by molar-refractivity contribution is 0.176. The Morgan fingerprint density at radius 1 is 1.32 bits per heavy atom. The summed E-state index contributed by atoms with van der Waals surface area (Å²) in [5, 5.41) is 33.5. The van der Waals surface area contributed by atoms with Gasteiger partial charge in [0, 0.05) is 30.1 Å². The van der Waals surface area contributed by atoms with Crippen molar-refractivity contribution in [2.24, 2.45) is 0 Å².